The van der Waals surface area contributed by atoms with Crippen LogP contribution in [0.2, 0.25) is 0 Å². The lowest BCUT2D eigenvalue weighted by Gasteiger charge is -2.22. The Morgan fingerprint density at radius 2 is 2.05 bits per heavy atom. The number of nitrogens with zero attached hydrogens (tertiary/aromatic N) is 1. The molecule has 0 saturated heterocycles. The summed E-state index contributed by atoms with van der Waals surface area (Å²) in [5.41, 5.74) is 1.84. The van der Waals surface area contributed by atoms with E-state index in [4.69, 9.17) is 9.47 Å². The van der Waals surface area contributed by atoms with Gasteiger partial charge in [0.2, 0.25) is 5.12 Å². The molecule has 2 rings (SSSR count). The average Bonchev–Trinajstić information content (AvgIpc) is 2.46. The minimum Gasteiger partial charge on any atom is -0.497 e. The average molecular weight is 293 g/mol. The first-order chi connectivity index (χ1) is 9.56. The van der Waals surface area contributed by atoms with Crippen molar-refractivity contribution in [2.75, 3.05) is 20.0 Å². The van der Waals surface area contributed by atoms with Crippen molar-refractivity contribution in [1.29, 1.82) is 0 Å². The van der Waals surface area contributed by atoms with Crippen molar-refractivity contribution in [2.45, 2.75) is 19.9 Å². The van der Waals surface area contributed by atoms with Gasteiger partial charge in [0.05, 0.1) is 19.9 Å². The molecule has 0 N–H and O–H groups in total. The van der Waals surface area contributed by atoms with Gasteiger partial charge in [-0.3, -0.25) is 9.79 Å². The van der Waals surface area contributed by atoms with Gasteiger partial charge in [0.15, 0.2) is 0 Å². The first-order valence-electron chi connectivity index (χ1n) is 6.52. The molecule has 0 bridgehead atoms. The van der Waals surface area contributed by atoms with Gasteiger partial charge in [-0.1, -0.05) is 25.6 Å². The maximum absolute atomic E-state index is 11.9. The zero-order chi connectivity index (χ0) is 14.7. The van der Waals surface area contributed by atoms with Gasteiger partial charge < -0.3 is 9.47 Å². The topological polar surface area (TPSA) is 47.9 Å². The smallest absolute Gasteiger partial charge is 0.214 e. The second kappa shape index (κ2) is 6.31. The van der Waals surface area contributed by atoms with Crippen LogP contribution >= 0.6 is 11.8 Å². The molecular formula is C15H19NO3S. The van der Waals surface area contributed by atoms with Gasteiger partial charge >= 0.3 is 0 Å². The van der Waals surface area contributed by atoms with Crippen LogP contribution in [0.1, 0.15) is 19.4 Å². The molecule has 0 spiro atoms. The molecular weight excluding hydrogens is 274 g/mol. The molecule has 1 atom stereocenters. The predicted molar refractivity (Wildman–Crippen MR) is 82.2 cm³/mol. The first-order valence-corrected chi connectivity index (χ1v) is 7.51. The molecule has 4 nitrogen and oxygen atoms in total. The lowest BCUT2D eigenvalue weighted by molar-refractivity contribution is -0.112. The van der Waals surface area contributed by atoms with Gasteiger partial charge in [-0.25, -0.2) is 0 Å². The molecule has 1 aromatic rings. The standard InChI is InChI=1S/C15H19NO3S/c1-9(2)14-15(17)20-8-12(16-14)11-6-5-10(18-3)7-13(11)19-4/h5-7,9,14H,8H2,1-4H3. The van der Waals surface area contributed by atoms with E-state index >= 15 is 0 Å². The highest BCUT2D eigenvalue weighted by atomic mass is 32.2. The molecule has 1 aliphatic heterocycles. The normalized spacial score (nSPS) is 18.9. The fraction of sp³-hybridized carbons (Fsp3) is 0.467. The Balaban J connectivity index is 2.40. The van der Waals surface area contributed by atoms with Crippen molar-refractivity contribution < 1.29 is 14.3 Å². The molecule has 20 heavy (non-hydrogen) atoms. The number of benzene rings is 1. The molecule has 1 heterocycles. The highest BCUT2D eigenvalue weighted by Gasteiger charge is 2.28. The largest absolute Gasteiger partial charge is 0.497 e. The van der Waals surface area contributed by atoms with Gasteiger partial charge in [-0.15, -0.1) is 0 Å². The summed E-state index contributed by atoms with van der Waals surface area (Å²) in [6, 6.07) is 5.38. The summed E-state index contributed by atoms with van der Waals surface area (Å²) in [6.45, 7) is 4.03. The van der Waals surface area contributed by atoms with Crippen molar-refractivity contribution in [3.05, 3.63) is 23.8 Å². The van der Waals surface area contributed by atoms with Crippen LogP contribution in [0, 0.1) is 5.92 Å². The Hall–Kier alpha value is -1.49. The van der Waals surface area contributed by atoms with Crippen molar-refractivity contribution in [2.24, 2.45) is 10.9 Å². The van der Waals surface area contributed by atoms with E-state index in [1.54, 1.807) is 14.2 Å². The third-order valence-corrected chi connectivity index (χ3v) is 4.18. The number of ether oxygens (including phenoxy) is 2. The van der Waals surface area contributed by atoms with Crippen LogP contribution in [0.3, 0.4) is 0 Å². The fourth-order valence-corrected chi connectivity index (χ4v) is 3.09. The molecule has 1 unspecified atom stereocenters. The summed E-state index contributed by atoms with van der Waals surface area (Å²) in [5.74, 6) is 2.26. The maximum atomic E-state index is 11.9. The molecule has 0 radical (unpaired) electrons. The summed E-state index contributed by atoms with van der Waals surface area (Å²) in [4.78, 5) is 16.5. The predicted octanol–water partition coefficient (Wildman–Crippen LogP) is 2.79. The number of hydrogen-bond acceptors (Lipinski definition) is 5. The van der Waals surface area contributed by atoms with Crippen LogP contribution in [-0.4, -0.2) is 36.8 Å². The number of hydrogen-bond donors (Lipinski definition) is 0. The number of carbonyl (C=O) groups excluding carboxylic acids is 1. The molecule has 1 aromatic carbocycles. The number of aliphatic imine (C=N–C) groups is 1. The molecule has 0 aliphatic carbocycles. The molecule has 0 aromatic heterocycles. The minimum absolute atomic E-state index is 0.149. The number of thioether (sulfide) groups is 1. The lowest BCUT2D eigenvalue weighted by atomic mass is 10.0. The Morgan fingerprint density at radius 3 is 2.65 bits per heavy atom. The number of methoxy groups -OCH3 is 2. The molecule has 0 saturated carbocycles. The quantitative estimate of drug-likeness (QED) is 0.856. The highest BCUT2D eigenvalue weighted by molar-refractivity contribution is 8.14. The third-order valence-electron chi connectivity index (χ3n) is 3.24. The van der Waals surface area contributed by atoms with E-state index in [1.807, 2.05) is 32.0 Å². The fourth-order valence-electron chi connectivity index (χ4n) is 2.09. The van der Waals surface area contributed by atoms with E-state index in [9.17, 15) is 4.79 Å². The van der Waals surface area contributed by atoms with Gasteiger partial charge in [0.25, 0.3) is 0 Å². The second-order valence-electron chi connectivity index (χ2n) is 4.94. The third kappa shape index (κ3) is 2.98. The van der Waals surface area contributed by atoms with E-state index in [0.29, 0.717) is 5.75 Å². The van der Waals surface area contributed by atoms with E-state index in [1.165, 1.54) is 11.8 Å². The lowest BCUT2D eigenvalue weighted by Crippen LogP contribution is -2.29. The Kier molecular flexibility index (Phi) is 4.70. The van der Waals surface area contributed by atoms with Gasteiger partial charge in [0, 0.05) is 17.4 Å². The summed E-state index contributed by atoms with van der Waals surface area (Å²) < 4.78 is 10.6. The maximum Gasteiger partial charge on any atom is 0.214 e. The minimum atomic E-state index is -0.268. The SMILES string of the molecule is COc1ccc(C2=NC(C(C)C)C(=O)SC2)c(OC)c1. The van der Waals surface area contributed by atoms with Gasteiger partial charge in [0.1, 0.15) is 17.5 Å². The van der Waals surface area contributed by atoms with E-state index in [2.05, 4.69) is 4.99 Å². The van der Waals surface area contributed by atoms with Crippen LogP contribution in [-0.2, 0) is 4.79 Å². The Morgan fingerprint density at radius 1 is 1.30 bits per heavy atom. The van der Waals surface area contributed by atoms with Gasteiger partial charge in [-0.05, 0) is 18.1 Å². The number of rotatable bonds is 4. The van der Waals surface area contributed by atoms with E-state index in [0.717, 1.165) is 22.8 Å². The zero-order valence-electron chi connectivity index (χ0n) is 12.2. The highest BCUT2D eigenvalue weighted by Crippen LogP contribution is 2.30. The van der Waals surface area contributed by atoms with Crippen molar-refractivity contribution >= 4 is 22.6 Å². The first kappa shape index (κ1) is 14.9. The van der Waals surface area contributed by atoms with Crippen molar-refractivity contribution in [3.8, 4) is 11.5 Å². The Bertz CT molecular complexity index is 540. The van der Waals surface area contributed by atoms with Crippen LogP contribution in [0.4, 0.5) is 0 Å². The molecule has 0 amide bonds. The van der Waals surface area contributed by atoms with Crippen LogP contribution in [0.25, 0.3) is 0 Å². The monoisotopic (exact) mass is 293 g/mol. The van der Waals surface area contributed by atoms with E-state index in [-0.39, 0.29) is 17.1 Å². The van der Waals surface area contributed by atoms with Crippen LogP contribution < -0.4 is 9.47 Å². The second-order valence-corrected chi connectivity index (χ2v) is 5.92. The molecule has 1 aliphatic rings. The van der Waals surface area contributed by atoms with E-state index < -0.39 is 0 Å². The summed E-state index contributed by atoms with van der Waals surface area (Å²) in [5, 5.41) is 0.149. The van der Waals surface area contributed by atoms with Crippen LogP contribution in [0.15, 0.2) is 23.2 Å². The summed E-state index contributed by atoms with van der Waals surface area (Å²) in [7, 11) is 3.25. The Labute approximate surface area is 123 Å². The van der Waals surface area contributed by atoms with Crippen LogP contribution in [0.5, 0.6) is 11.5 Å². The molecule has 5 heteroatoms. The molecule has 108 valence electrons. The number of carbonyl (C=O) groups is 1. The summed E-state index contributed by atoms with van der Waals surface area (Å²) in [6.07, 6.45) is 0. The molecule has 0 fully saturated rings. The summed E-state index contributed by atoms with van der Waals surface area (Å²) >= 11 is 1.33. The zero-order valence-corrected chi connectivity index (χ0v) is 13.0. The van der Waals surface area contributed by atoms with Gasteiger partial charge in [-0.2, -0.15) is 0 Å². The van der Waals surface area contributed by atoms with Crippen molar-refractivity contribution in [1.82, 2.24) is 0 Å². The van der Waals surface area contributed by atoms with Crippen molar-refractivity contribution in [3.63, 3.8) is 0 Å².